The Morgan fingerprint density at radius 1 is 1.39 bits per heavy atom. The molecule has 1 unspecified atom stereocenters. The molecule has 0 saturated heterocycles. The van der Waals surface area contributed by atoms with Gasteiger partial charge in [-0.2, -0.15) is 5.26 Å². The summed E-state index contributed by atoms with van der Waals surface area (Å²) < 4.78 is 45.9. The van der Waals surface area contributed by atoms with Crippen LogP contribution in [0, 0.1) is 24.1 Å². The predicted molar refractivity (Wildman–Crippen MR) is 117 cm³/mol. The summed E-state index contributed by atoms with van der Waals surface area (Å²) in [5, 5.41) is 8.94. The maximum absolute atomic E-state index is 14.3. The number of carbonyl (C=O) groups excluding carboxylic acids is 1. The highest BCUT2D eigenvalue weighted by Gasteiger charge is 2.23. The summed E-state index contributed by atoms with van der Waals surface area (Å²) in [7, 11) is 0. The number of benzene rings is 1. The highest BCUT2D eigenvalue weighted by atomic mass is 19.2. The summed E-state index contributed by atoms with van der Waals surface area (Å²) in [6, 6.07) is 8.65. The molecule has 10 heteroatoms. The Labute approximate surface area is 188 Å². The summed E-state index contributed by atoms with van der Waals surface area (Å²) >= 11 is 0. The van der Waals surface area contributed by atoms with Gasteiger partial charge in [0.1, 0.15) is 18.4 Å². The molecule has 174 valence electrons. The monoisotopic (exact) mass is 460 g/mol. The second-order valence-corrected chi connectivity index (χ2v) is 7.50. The molecule has 1 amide bonds. The highest BCUT2D eigenvalue weighted by Crippen LogP contribution is 2.22. The van der Waals surface area contributed by atoms with Crippen molar-refractivity contribution in [3.63, 3.8) is 0 Å². The third-order valence-corrected chi connectivity index (χ3v) is 4.56. The summed E-state index contributed by atoms with van der Waals surface area (Å²) in [4.78, 5) is 32.7. The van der Waals surface area contributed by atoms with Crippen molar-refractivity contribution in [2.45, 2.75) is 32.5 Å². The first-order valence-corrected chi connectivity index (χ1v) is 9.88. The first kappa shape index (κ1) is 25.4. The zero-order valence-corrected chi connectivity index (χ0v) is 18.2. The maximum Gasteiger partial charge on any atom is 0.294 e. The number of aliphatic imine (C=N–C) groups is 1. The van der Waals surface area contributed by atoms with Crippen LogP contribution in [0.15, 0.2) is 52.5 Å². The number of H-pyrrole nitrogens is 1. The van der Waals surface area contributed by atoms with Crippen LogP contribution in [0.3, 0.4) is 0 Å². The number of rotatable bonds is 10. The molecule has 33 heavy (non-hydrogen) atoms. The SMILES string of the molecule is C=C(Oc1cccc(C#N)c1F)C(=O)N(/C=N\CCC(C)(F)CF)Cc1ccc(C)[nH]c1=O. The van der Waals surface area contributed by atoms with Crippen molar-refractivity contribution in [2.24, 2.45) is 4.99 Å². The molecule has 1 atom stereocenters. The molecule has 0 saturated carbocycles. The number of nitrogens with one attached hydrogen (secondary N) is 1. The van der Waals surface area contributed by atoms with Gasteiger partial charge >= 0.3 is 0 Å². The van der Waals surface area contributed by atoms with E-state index in [9.17, 15) is 22.8 Å². The number of alkyl halides is 2. The lowest BCUT2D eigenvalue weighted by Crippen LogP contribution is -2.34. The number of aryl methyl sites for hydroxylation is 1. The van der Waals surface area contributed by atoms with E-state index in [4.69, 9.17) is 10.00 Å². The molecule has 0 aliphatic rings. The molecule has 0 spiro atoms. The normalized spacial score (nSPS) is 12.7. The number of ether oxygens (including phenoxy) is 1. The topological polar surface area (TPSA) is 98.5 Å². The number of aromatic amines is 1. The Bertz CT molecular complexity index is 1150. The van der Waals surface area contributed by atoms with Gasteiger partial charge in [-0.1, -0.05) is 12.6 Å². The van der Waals surface area contributed by atoms with Crippen LogP contribution in [0.4, 0.5) is 13.2 Å². The lowest BCUT2D eigenvalue weighted by Gasteiger charge is -2.19. The average molecular weight is 460 g/mol. The Balaban J connectivity index is 2.25. The molecule has 0 aliphatic carbocycles. The molecule has 0 fully saturated rings. The second-order valence-electron chi connectivity index (χ2n) is 7.50. The minimum Gasteiger partial charge on any atom is -0.449 e. The van der Waals surface area contributed by atoms with Gasteiger partial charge < -0.3 is 9.72 Å². The van der Waals surface area contributed by atoms with Gasteiger partial charge in [-0.3, -0.25) is 19.5 Å². The van der Waals surface area contributed by atoms with Crippen molar-refractivity contribution in [3.8, 4) is 11.8 Å². The van der Waals surface area contributed by atoms with E-state index < -0.39 is 35.4 Å². The van der Waals surface area contributed by atoms with E-state index in [1.165, 1.54) is 24.3 Å². The predicted octanol–water partition coefficient (Wildman–Crippen LogP) is 3.73. The second kappa shape index (κ2) is 11.1. The zero-order chi connectivity index (χ0) is 24.6. The van der Waals surface area contributed by atoms with Crippen LogP contribution in [-0.2, 0) is 11.3 Å². The fraction of sp³-hybridized carbons (Fsp3) is 0.304. The van der Waals surface area contributed by atoms with Gasteiger partial charge in [-0.25, -0.2) is 13.2 Å². The van der Waals surface area contributed by atoms with E-state index in [0.717, 1.165) is 18.2 Å². The molecule has 1 aromatic carbocycles. The molecule has 0 radical (unpaired) electrons. The van der Waals surface area contributed by atoms with E-state index >= 15 is 0 Å². The number of halogens is 3. The molecule has 1 heterocycles. The number of hydrogen-bond donors (Lipinski definition) is 1. The molecule has 0 bridgehead atoms. The summed E-state index contributed by atoms with van der Waals surface area (Å²) in [5.41, 5.74) is -1.95. The smallest absolute Gasteiger partial charge is 0.294 e. The molecule has 2 aromatic rings. The van der Waals surface area contributed by atoms with Crippen molar-refractivity contribution in [3.05, 3.63) is 75.7 Å². The van der Waals surface area contributed by atoms with E-state index in [1.54, 1.807) is 19.1 Å². The number of amides is 1. The van der Waals surface area contributed by atoms with Crippen molar-refractivity contribution in [1.82, 2.24) is 9.88 Å². The van der Waals surface area contributed by atoms with Crippen LogP contribution in [0.2, 0.25) is 0 Å². The van der Waals surface area contributed by atoms with Crippen LogP contribution >= 0.6 is 0 Å². The molecule has 1 aromatic heterocycles. The fourth-order valence-electron chi connectivity index (χ4n) is 2.61. The van der Waals surface area contributed by atoms with Crippen LogP contribution in [0.5, 0.6) is 5.75 Å². The van der Waals surface area contributed by atoms with Gasteiger partial charge in [0.05, 0.1) is 18.4 Å². The van der Waals surface area contributed by atoms with Crippen molar-refractivity contribution in [1.29, 1.82) is 5.26 Å². The van der Waals surface area contributed by atoms with Gasteiger partial charge in [-0.15, -0.1) is 0 Å². The third kappa shape index (κ3) is 7.07. The molecule has 7 nitrogen and oxygen atoms in total. The van der Waals surface area contributed by atoms with Gasteiger partial charge in [0, 0.05) is 24.2 Å². The lowest BCUT2D eigenvalue weighted by molar-refractivity contribution is -0.125. The summed E-state index contributed by atoms with van der Waals surface area (Å²) in [6.45, 7) is 4.74. The van der Waals surface area contributed by atoms with Crippen molar-refractivity contribution >= 4 is 12.2 Å². The Morgan fingerprint density at radius 2 is 2.12 bits per heavy atom. The average Bonchev–Trinajstić information content (AvgIpc) is 2.78. The van der Waals surface area contributed by atoms with E-state index in [0.29, 0.717) is 5.69 Å². The zero-order valence-electron chi connectivity index (χ0n) is 18.2. The van der Waals surface area contributed by atoms with Gasteiger partial charge in [0.15, 0.2) is 17.3 Å². The van der Waals surface area contributed by atoms with Crippen LogP contribution in [-0.4, -0.2) is 41.0 Å². The Morgan fingerprint density at radius 3 is 2.76 bits per heavy atom. The molecule has 0 aliphatic heterocycles. The minimum atomic E-state index is -2.06. The van der Waals surface area contributed by atoms with Gasteiger partial charge in [0.25, 0.3) is 11.5 Å². The quantitative estimate of drug-likeness (QED) is 0.253. The number of nitrogens with zero attached hydrogens (tertiary/aromatic N) is 3. The largest absolute Gasteiger partial charge is 0.449 e. The fourth-order valence-corrected chi connectivity index (χ4v) is 2.61. The van der Waals surface area contributed by atoms with Crippen LogP contribution < -0.4 is 10.3 Å². The number of pyridine rings is 1. The van der Waals surface area contributed by atoms with Crippen LogP contribution in [0.1, 0.15) is 30.2 Å². The van der Waals surface area contributed by atoms with E-state index in [2.05, 4.69) is 16.6 Å². The highest BCUT2D eigenvalue weighted by molar-refractivity contribution is 5.98. The molecular formula is C23H23F3N4O3. The number of aromatic nitrogens is 1. The summed E-state index contributed by atoms with van der Waals surface area (Å²) in [6.07, 6.45) is 0.837. The van der Waals surface area contributed by atoms with Gasteiger partial charge in [0.2, 0.25) is 0 Å². The first-order valence-electron chi connectivity index (χ1n) is 9.88. The maximum atomic E-state index is 14.3. The number of hydrogen-bond acceptors (Lipinski definition) is 5. The molecular weight excluding hydrogens is 437 g/mol. The number of nitriles is 1. The minimum absolute atomic E-state index is 0.128. The van der Waals surface area contributed by atoms with Crippen LogP contribution in [0.25, 0.3) is 0 Å². The molecule has 1 N–H and O–H groups in total. The number of carbonyl (C=O) groups is 1. The lowest BCUT2D eigenvalue weighted by atomic mass is 10.1. The Kier molecular flexibility index (Phi) is 8.56. The van der Waals surface area contributed by atoms with E-state index in [-0.39, 0.29) is 36.4 Å². The third-order valence-electron chi connectivity index (χ3n) is 4.56. The molecule has 2 rings (SSSR count). The van der Waals surface area contributed by atoms with Crippen molar-refractivity contribution in [2.75, 3.05) is 13.2 Å². The van der Waals surface area contributed by atoms with Gasteiger partial charge in [-0.05, 0) is 38.1 Å². The standard InChI is InChI=1S/C23H23F3N4O3/c1-15-7-8-18(21(31)29-15)12-30(14-28-10-9-23(3,26)13-24)22(32)16(2)33-19-6-4-5-17(11-27)20(19)25/h4-8,14H,2,9-10,12-13H2,1,3H3,(H,29,31)/b28-14-. The Hall–Kier alpha value is -3.87. The van der Waals surface area contributed by atoms with Crippen molar-refractivity contribution < 1.29 is 22.7 Å². The summed E-state index contributed by atoms with van der Waals surface area (Å²) in [5.74, 6) is -2.70. The first-order chi connectivity index (χ1) is 15.6. The van der Waals surface area contributed by atoms with E-state index in [1.807, 2.05) is 0 Å².